The van der Waals surface area contributed by atoms with Crippen molar-refractivity contribution in [3.8, 4) is 22.1 Å². The summed E-state index contributed by atoms with van der Waals surface area (Å²) in [5, 5.41) is 8.07. The third-order valence-electron chi connectivity index (χ3n) is 5.28. The van der Waals surface area contributed by atoms with Crippen molar-refractivity contribution >= 4 is 19.2 Å². The van der Waals surface area contributed by atoms with E-state index >= 15 is 0 Å². The number of hydrogen-bond acceptors (Lipinski definition) is 8. The number of alkyl halides is 3. The molecule has 0 amide bonds. The molecule has 0 unspecified atom stereocenters. The number of nitrogens with two attached hydrogens (primary N) is 1. The van der Waals surface area contributed by atoms with Crippen LogP contribution in [-0.4, -0.2) is 39.8 Å². The standard InChI is InChI=1S/C24H29F3N3O6PS/c1-16-7-6-8-18(13-16)34-11-4-3-5-12-35-20-10-9-17(14-19(20)24(25,26)27)21-29-30-22(38-21)23(2,28)15-36-37(31,32)33/h6-10,13-14H,3-5,11-12,15,28H2,1-2H3,(H2,31,32,33)/t23-/m0/s1. The van der Waals surface area contributed by atoms with E-state index in [4.69, 9.17) is 25.0 Å². The molecular formula is C24H29F3N3O6PS. The van der Waals surface area contributed by atoms with Gasteiger partial charge in [-0.1, -0.05) is 23.5 Å². The second-order valence-corrected chi connectivity index (χ2v) is 11.1. The molecule has 1 atom stereocenters. The van der Waals surface area contributed by atoms with Crippen molar-refractivity contribution in [2.75, 3.05) is 19.8 Å². The molecule has 9 nitrogen and oxygen atoms in total. The van der Waals surface area contributed by atoms with Gasteiger partial charge in [-0.15, -0.1) is 10.2 Å². The fraction of sp³-hybridized carbons (Fsp3) is 0.417. The second-order valence-electron chi connectivity index (χ2n) is 8.88. The maximum absolute atomic E-state index is 13.8. The van der Waals surface area contributed by atoms with E-state index in [0.29, 0.717) is 13.0 Å². The van der Waals surface area contributed by atoms with Gasteiger partial charge < -0.3 is 25.0 Å². The second kappa shape index (κ2) is 12.5. The van der Waals surface area contributed by atoms with Crippen molar-refractivity contribution in [2.24, 2.45) is 5.73 Å². The summed E-state index contributed by atoms with van der Waals surface area (Å²) < 4.78 is 67.9. The van der Waals surface area contributed by atoms with Crippen molar-refractivity contribution in [3.05, 3.63) is 58.6 Å². The molecule has 208 valence electrons. The molecule has 38 heavy (non-hydrogen) atoms. The summed E-state index contributed by atoms with van der Waals surface area (Å²) in [6.07, 6.45) is -2.65. The summed E-state index contributed by atoms with van der Waals surface area (Å²) in [5.74, 6) is 0.491. The van der Waals surface area contributed by atoms with Gasteiger partial charge in [-0.25, -0.2) is 4.57 Å². The monoisotopic (exact) mass is 575 g/mol. The van der Waals surface area contributed by atoms with Crippen molar-refractivity contribution in [1.29, 1.82) is 0 Å². The molecule has 0 radical (unpaired) electrons. The molecule has 3 rings (SSSR count). The number of ether oxygens (including phenoxy) is 2. The van der Waals surface area contributed by atoms with Gasteiger partial charge in [-0.2, -0.15) is 13.2 Å². The lowest BCUT2D eigenvalue weighted by atomic mass is 10.1. The largest absolute Gasteiger partial charge is 0.494 e. The normalized spacial score (nSPS) is 13.8. The van der Waals surface area contributed by atoms with Crippen LogP contribution in [-0.2, 0) is 20.8 Å². The summed E-state index contributed by atoms with van der Waals surface area (Å²) in [6, 6.07) is 11.3. The molecule has 1 aromatic heterocycles. The number of nitrogens with zero attached hydrogens (tertiary/aromatic N) is 2. The molecule has 4 N–H and O–H groups in total. The number of hydrogen-bond donors (Lipinski definition) is 3. The third-order valence-corrected chi connectivity index (χ3v) is 7.00. The van der Waals surface area contributed by atoms with Crippen LogP contribution in [0.1, 0.15) is 42.3 Å². The van der Waals surface area contributed by atoms with E-state index in [9.17, 15) is 17.7 Å². The molecule has 0 saturated carbocycles. The lowest BCUT2D eigenvalue weighted by Crippen LogP contribution is -2.37. The molecule has 0 aliphatic heterocycles. The molecule has 0 fully saturated rings. The van der Waals surface area contributed by atoms with E-state index < -0.39 is 31.7 Å². The van der Waals surface area contributed by atoms with Crippen molar-refractivity contribution in [3.63, 3.8) is 0 Å². The Labute approximate surface area is 222 Å². The number of aromatic nitrogens is 2. The molecule has 0 aliphatic carbocycles. The molecule has 0 spiro atoms. The van der Waals surface area contributed by atoms with Crippen LogP contribution in [0.3, 0.4) is 0 Å². The highest BCUT2D eigenvalue weighted by Crippen LogP contribution is 2.41. The van der Waals surface area contributed by atoms with Gasteiger partial charge in [-0.3, -0.25) is 4.52 Å². The van der Waals surface area contributed by atoms with E-state index in [1.54, 1.807) is 0 Å². The average Bonchev–Trinajstić information content (AvgIpc) is 3.33. The van der Waals surface area contributed by atoms with Crippen LogP contribution in [0.2, 0.25) is 0 Å². The van der Waals surface area contributed by atoms with Gasteiger partial charge in [0.05, 0.1) is 30.9 Å². The first-order valence-corrected chi connectivity index (χ1v) is 14.0. The first-order chi connectivity index (χ1) is 17.7. The predicted molar refractivity (Wildman–Crippen MR) is 136 cm³/mol. The highest BCUT2D eigenvalue weighted by atomic mass is 32.1. The molecule has 0 bridgehead atoms. The first-order valence-electron chi connectivity index (χ1n) is 11.6. The van der Waals surface area contributed by atoms with Crippen LogP contribution in [0.15, 0.2) is 42.5 Å². The summed E-state index contributed by atoms with van der Waals surface area (Å²) in [5.41, 5.74) is 4.90. The maximum Gasteiger partial charge on any atom is 0.469 e. The number of unbranched alkanes of at least 4 members (excludes halogenated alkanes) is 2. The van der Waals surface area contributed by atoms with Gasteiger partial charge in [-0.05, 0) is 69.0 Å². The minimum atomic E-state index is -4.77. The van der Waals surface area contributed by atoms with Crippen molar-refractivity contribution in [1.82, 2.24) is 10.2 Å². The fourth-order valence-electron chi connectivity index (χ4n) is 3.32. The number of aryl methyl sites for hydroxylation is 1. The van der Waals surface area contributed by atoms with Crippen LogP contribution in [0, 0.1) is 6.92 Å². The van der Waals surface area contributed by atoms with E-state index in [0.717, 1.165) is 41.6 Å². The summed E-state index contributed by atoms with van der Waals surface area (Å²) >= 11 is 0.897. The Kier molecular flexibility index (Phi) is 9.91. The molecule has 14 heteroatoms. The molecule has 2 aromatic carbocycles. The smallest absolute Gasteiger partial charge is 0.469 e. The fourth-order valence-corrected chi connectivity index (χ4v) is 4.64. The van der Waals surface area contributed by atoms with E-state index in [2.05, 4.69) is 14.7 Å². The molecule has 0 saturated heterocycles. The number of phosphoric acid groups is 1. The van der Waals surface area contributed by atoms with Gasteiger partial charge in [0, 0.05) is 5.56 Å². The summed E-state index contributed by atoms with van der Waals surface area (Å²) in [7, 11) is -4.77. The number of rotatable bonds is 13. The highest BCUT2D eigenvalue weighted by molar-refractivity contribution is 7.46. The van der Waals surface area contributed by atoms with Gasteiger partial charge in [0.25, 0.3) is 0 Å². The van der Waals surface area contributed by atoms with Crippen molar-refractivity contribution < 1.29 is 41.5 Å². The minimum absolute atomic E-state index is 0.112. The van der Waals surface area contributed by atoms with Crippen LogP contribution in [0.4, 0.5) is 13.2 Å². The Morgan fingerprint density at radius 3 is 2.39 bits per heavy atom. The van der Waals surface area contributed by atoms with Gasteiger partial charge in [0.15, 0.2) is 0 Å². The van der Waals surface area contributed by atoms with Crippen molar-refractivity contribution in [2.45, 2.75) is 44.8 Å². The van der Waals surface area contributed by atoms with Gasteiger partial charge in [0.1, 0.15) is 21.5 Å². The van der Waals surface area contributed by atoms with Crippen LogP contribution in [0.5, 0.6) is 11.5 Å². The van der Waals surface area contributed by atoms with E-state index in [-0.39, 0.29) is 27.9 Å². The highest BCUT2D eigenvalue weighted by Gasteiger charge is 2.35. The minimum Gasteiger partial charge on any atom is -0.494 e. The number of halogens is 3. The number of benzene rings is 2. The topological polar surface area (TPSA) is 137 Å². The molecule has 1 heterocycles. The van der Waals surface area contributed by atoms with E-state index in [1.165, 1.54) is 19.1 Å². The summed E-state index contributed by atoms with van der Waals surface area (Å²) in [4.78, 5) is 17.8. The van der Waals surface area contributed by atoms with Gasteiger partial charge >= 0.3 is 14.0 Å². The Morgan fingerprint density at radius 1 is 1.03 bits per heavy atom. The Bertz CT molecular complexity index is 1270. The first kappa shape index (κ1) is 30.0. The molecular weight excluding hydrogens is 546 g/mol. The molecule has 3 aromatic rings. The predicted octanol–water partition coefficient (Wildman–Crippen LogP) is 5.44. The zero-order valence-corrected chi connectivity index (χ0v) is 22.5. The summed E-state index contributed by atoms with van der Waals surface area (Å²) in [6.45, 7) is 3.44. The lowest BCUT2D eigenvalue weighted by Gasteiger charge is -2.21. The zero-order chi connectivity index (χ0) is 28.0. The zero-order valence-electron chi connectivity index (χ0n) is 20.8. The number of phosphoric ester groups is 1. The Hall–Kier alpha value is -2.54. The Morgan fingerprint density at radius 2 is 1.74 bits per heavy atom. The third kappa shape index (κ3) is 9.04. The SMILES string of the molecule is Cc1cccc(OCCCCCOc2ccc(-c3nnc([C@@](C)(N)COP(=O)(O)O)s3)cc2C(F)(F)F)c1. The molecule has 0 aliphatic rings. The van der Waals surface area contributed by atoms with Crippen LogP contribution < -0.4 is 15.2 Å². The maximum atomic E-state index is 13.8. The average molecular weight is 576 g/mol. The van der Waals surface area contributed by atoms with Gasteiger partial charge in [0.2, 0.25) is 0 Å². The van der Waals surface area contributed by atoms with Crippen LogP contribution >= 0.6 is 19.2 Å². The Balaban J connectivity index is 1.58. The lowest BCUT2D eigenvalue weighted by molar-refractivity contribution is -0.138. The van der Waals surface area contributed by atoms with Crippen LogP contribution in [0.25, 0.3) is 10.6 Å². The van der Waals surface area contributed by atoms with E-state index in [1.807, 2.05) is 31.2 Å². The quantitative estimate of drug-likeness (QED) is 0.180.